The topological polar surface area (TPSA) is 122 Å². The summed E-state index contributed by atoms with van der Waals surface area (Å²) in [5.41, 5.74) is 0.890. The first-order chi connectivity index (χ1) is 18.3. The van der Waals surface area contributed by atoms with Gasteiger partial charge in [0.25, 0.3) is 11.2 Å². The molecule has 1 unspecified atom stereocenters. The summed E-state index contributed by atoms with van der Waals surface area (Å²) < 4.78 is 18.1. The summed E-state index contributed by atoms with van der Waals surface area (Å²) in [6.07, 6.45) is 3.07. The Labute approximate surface area is 221 Å². The summed E-state index contributed by atoms with van der Waals surface area (Å²) in [7, 11) is 1.49. The number of thiazole rings is 1. The van der Waals surface area contributed by atoms with Gasteiger partial charge >= 0.3 is 5.97 Å². The van der Waals surface area contributed by atoms with Crippen LogP contribution in [0.1, 0.15) is 31.0 Å². The summed E-state index contributed by atoms with van der Waals surface area (Å²) in [5.74, 6) is 0.278. The highest BCUT2D eigenvalue weighted by Gasteiger charge is 2.34. The van der Waals surface area contributed by atoms with E-state index >= 15 is 0 Å². The lowest BCUT2D eigenvalue weighted by Crippen LogP contribution is -2.40. The zero-order valence-corrected chi connectivity index (χ0v) is 21.8. The van der Waals surface area contributed by atoms with Crippen LogP contribution in [0.2, 0.25) is 0 Å². The van der Waals surface area contributed by atoms with Gasteiger partial charge in [-0.15, -0.1) is 0 Å². The number of carbonyl (C=O) groups is 1. The van der Waals surface area contributed by atoms with Gasteiger partial charge in [-0.2, -0.15) is 0 Å². The number of rotatable bonds is 9. The number of carbonyl (C=O) groups excluding carboxylic acids is 1. The number of aromatic nitrogens is 1. The molecule has 3 aromatic rings. The summed E-state index contributed by atoms with van der Waals surface area (Å²) in [6.45, 7) is 7.43. The molecule has 0 amide bonds. The molecule has 2 heterocycles. The van der Waals surface area contributed by atoms with Crippen LogP contribution in [-0.2, 0) is 9.53 Å². The van der Waals surface area contributed by atoms with Crippen LogP contribution in [0.3, 0.4) is 0 Å². The standard InChI is InChI=1S/C27H25N3O7S/c1-5-13-37-20-12-11-18(14-21(20)35-4)24-23(26(32)36-6-2)16(3)28-27-29(24)25(31)22(38-27)15-17-9-7-8-10-19(17)30(33)34/h5,7-12,14-15,24H,1,6,13H2,2-4H3. The van der Waals surface area contributed by atoms with Gasteiger partial charge in [-0.05, 0) is 43.7 Å². The molecule has 10 nitrogen and oxygen atoms in total. The van der Waals surface area contributed by atoms with E-state index in [2.05, 4.69) is 11.6 Å². The molecule has 1 atom stereocenters. The number of hydrogen-bond donors (Lipinski definition) is 0. The molecular weight excluding hydrogens is 510 g/mol. The van der Waals surface area contributed by atoms with Gasteiger partial charge in [0.1, 0.15) is 6.61 Å². The Morgan fingerprint density at radius 1 is 1.26 bits per heavy atom. The van der Waals surface area contributed by atoms with Crippen molar-refractivity contribution in [2.45, 2.75) is 19.9 Å². The molecule has 2 aromatic carbocycles. The number of fused-ring (bicyclic) bond motifs is 1. The van der Waals surface area contributed by atoms with Crippen LogP contribution in [0, 0.1) is 10.1 Å². The van der Waals surface area contributed by atoms with Crippen LogP contribution in [0.5, 0.6) is 11.5 Å². The van der Waals surface area contributed by atoms with Crippen molar-refractivity contribution in [3.05, 3.63) is 107 Å². The number of methoxy groups -OCH3 is 1. The van der Waals surface area contributed by atoms with Crippen LogP contribution in [0.15, 0.2) is 76.2 Å². The molecule has 0 saturated carbocycles. The van der Waals surface area contributed by atoms with Crippen molar-refractivity contribution in [2.75, 3.05) is 20.3 Å². The molecule has 1 aromatic heterocycles. The predicted molar refractivity (Wildman–Crippen MR) is 142 cm³/mol. The van der Waals surface area contributed by atoms with Crippen LogP contribution in [0.4, 0.5) is 5.69 Å². The average Bonchev–Trinajstić information content (AvgIpc) is 3.20. The Balaban J connectivity index is 1.96. The van der Waals surface area contributed by atoms with Gasteiger partial charge in [0.05, 0.1) is 46.0 Å². The number of ether oxygens (including phenoxy) is 3. The second-order valence-corrected chi connectivity index (χ2v) is 9.14. The maximum absolute atomic E-state index is 13.7. The Morgan fingerprint density at radius 3 is 2.71 bits per heavy atom. The highest BCUT2D eigenvalue weighted by Crippen LogP contribution is 2.36. The van der Waals surface area contributed by atoms with E-state index in [4.69, 9.17) is 14.2 Å². The third kappa shape index (κ3) is 5.00. The average molecular weight is 536 g/mol. The molecule has 0 bridgehead atoms. The highest BCUT2D eigenvalue weighted by atomic mass is 32.1. The summed E-state index contributed by atoms with van der Waals surface area (Å²) in [6, 6.07) is 10.4. The van der Waals surface area contributed by atoms with Gasteiger partial charge in [-0.3, -0.25) is 19.5 Å². The summed E-state index contributed by atoms with van der Waals surface area (Å²) in [4.78, 5) is 42.7. The normalized spacial score (nSPS) is 14.9. The van der Waals surface area contributed by atoms with Crippen LogP contribution in [-0.4, -0.2) is 35.8 Å². The van der Waals surface area contributed by atoms with Crippen molar-refractivity contribution in [1.29, 1.82) is 0 Å². The zero-order chi connectivity index (χ0) is 27.4. The lowest BCUT2D eigenvalue weighted by Gasteiger charge is -2.25. The van der Waals surface area contributed by atoms with E-state index in [1.165, 1.54) is 23.8 Å². The number of nitrogens with zero attached hydrogens (tertiary/aromatic N) is 3. The fourth-order valence-corrected chi connectivity index (χ4v) is 5.18. The molecule has 0 spiro atoms. The Morgan fingerprint density at radius 2 is 2.03 bits per heavy atom. The van der Waals surface area contributed by atoms with Crippen molar-refractivity contribution in [1.82, 2.24) is 4.57 Å². The first-order valence-corrected chi connectivity index (χ1v) is 12.5. The van der Waals surface area contributed by atoms with Gasteiger partial charge < -0.3 is 14.2 Å². The fourth-order valence-electron chi connectivity index (χ4n) is 4.15. The molecule has 4 rings (SSSR count). The Kier molecular flexibility index (Phi) is 7.87. The first-order valence-electron chi connectivity index (χ1n) is 11.6. The van der Waals surface area contributed by atoms with Crippen molar-refractivity contribution in [3.63, 3.8) is 0 Å². The SMILES string of the molecule is C=CCOc1ccc(C2C(C(=O)OCC)=C(C)N=c3sc(=Cc4ccccc4[N+](=O)[O-])c(=O)n32)cc1OC. The van der Waals surface area contributed by atoms with Gasteiger partial charge in [0.2, 0.25) is 0 Å². The van der Waals surface area contributed by atoms with Gasteiger partial charge in [0.15, 0.2) is 16.3 Å². The van der Waals surface area contributed by atoms with E-state index in [0.717, 1.165) is 11.3 Å². The minimum absolute atomic E-state index is 0.127. The third-order valence-corrected chi connectivity index (χ3v) is 6.78. The minimum atomic E-state index is -0.874. The summed E-state index contributed by atoms with van der Waals surface area (Å²) >= 11 is 1.08. The second kappa shape index (κ2) is 11.3. The molecule has 1 aliphatic heterocycles. The van der Waals surface area contributed by atoms with Gasteiger partial charge in [0, 0.05) is 6.07 Å². The molecule has 0 aliphatic carbocycles. The molecule has 1 aliphatic rings. The van der Waals surface area contributed by atoms with Crippen molar-refractivity contribution in [2.24, 2.45) is 4.99 Å². The summed E-state index contributed by atoms with van der Waals surface area (Å²) in [5, 5.41) is 11.5. The number of benzene rings is 2. The van der Waals surface area contributed by atoms with Crippen LogP contribution >= 0.6 is 11.3 Å². The number of nitro benzene ring substituents is 1. The monoisotopic (exact) mass is 535 g/mol. The van der Waals surface area contributed by atoms with Crippen LogP contribution < -0.4 is 24.4 Å². The number of para-hydroxylation sites is 1. The second-order valence-electron chi connectivity index (χ2n) is 8.13. The lowest BCUT2D eigenvalue weighted by atomic mass is 9.95. The smallest absolute Gasteiger partial charge is 0.338 e. The molecule has 38 heavy (non-hydrogen) atoms. The highest BCUT2D eigenvalue weighted by molar-refractivity contribution is 7.07. The van der Waals surface area contributed by atoms with Crippen molar-refractivity contribution >= 4 is 29.1 Å². The maximum atomic E-state index is 13.7. The quantitative estimate of drug-likeness (QED) is 0.178. The Hall–Kier alpha value is -4.51. The Bertz CT molecular complexity index is 1630. The van der Waals surface area contributed by atoms with E-state index in [0.29, 0.717) is 27.6 Å². The number of nitro groups is 1. The molecule has 196 valence electrons. The van der Waals surface area contributed by atoms with E-state index in [9.17, 15) is 19.7 Å². The van der Waals surface area contributed by atoms with Crippen molar-refractivity contribution < 1.29 is 23.9 Å². The number of hydrogen-bond acceptors (Lipinski definition) is 9. The van der Waals surface area contributed by atoms with Gasteiger partial charge in [-0.1, -0.05) is 42.2 Å². The lowest BCUT2D eigenvalue weighted by molar-refractivity contribution is -0.385. The minimum Gasteiger partial charge on any atom is -0.493 e. The first kappa shape index (κ1) is 26.6. The fraction of sp³-hybridized carbons (Fsp3) is 0.222. The van der Waals surface area contributed by atoms with E-state index < -0.39 is 22.5 Å². The molecule has 0 fully saturated rings. The maximum Gasteiger partial charge on any atom is 0.338 e. The molecule has 0 saturated heterocycles. The number of allylic oxidation sites excluding steroid dienone is 1. The van der Waals surface area contributed by atoms with Crippen LogP contribution in [0.25, 0.3) is 6.08 Å². The van der Waals surface area contributed by atoms with E-state index in [-0.39, 0.29) is 34.6 Å². The molecule has 0 N–H and O–H groups in total. The van der Waals surface area contributed by atoms with E-state index in [1.54, 1.807) is 56.3 Å². The molecule has 11 heteroatoms. The molecule has 0 radical (unpaired) electrons. The van der Waals surface area contributed by atoms with Crippen molar-refractivity contribution in [3.8, 4) is 11.5 Å². The predicted octanol–water partition coefficient (Wildman–Crippen LogP) is 3.28. The molecular formula is C27H25N3O7S. The largest absolute Gasteiger partial charge is 0.493 e. The number of esters is 1. The van der Waals surface area contributed by atoms with E-state index in [1.807, 2.05) is 0 Å². The zero-order valence-electron chi connectivity index (χ0n) is 21.0. The third-order valence-electron chi connectivity index (χ3n) is 5.80. The van der Waals surface area contributed by atoms with Gasteiger partial charge in [-0.25, -0.2) is 9.79 Å².